The van der Waals surface area contributed by atoms with Crippen LogP contribution in [0.1, 0.15) is 42.9 Å². The van der Waals surface area contributed by atoms with Gasteiger partial charge in [0.15, 0.2) is 0 Å². The quantitative estimate of drug-likeness (QED) is 0.834. The number of nitrogens with one attached hydrogen (secondary N) is 1. The summed E-state index contributed by atoms with van der Waals surface area (Å²) in [5, 5.41) is 11.4. The third kappa shape index (κ3) is 4.53. The van der Waals surface area contributed by atoms with Crippen LogP contribution in [0, 0.1) is 6.92 Å². The van der Waals surface area contributed by atoms with Crippen LogP contribution in [0.15, 0.2) is 18.2 Å². The zero-order chi connectivity index (χ0) is 13.8. The lowest BCUT2D eigenvalue weighted by Gasteiger charge is -2.25. The molecule has 98 valence electrons. The van der Waals surface area contributed by atoms with Crippen LogP contribution < -0.4 is 5.32 Å². The average Bonchev–Trinajstić information content (AvgIpc) is 2.26. The Bertz CT molecular complexity index is 455. The van der Waals surface area contributed by atoms with Crippen molar-refractivity contribution < 1.29 is 14.7 Å². The van der Waals surface area contributed by atoms with E-state index in [1.54, 1.807) is 26.0 Å². The van der Waals surface area contributed by atoms with Gasteiger partial charge in [-0.1, -0.05) is 6.07 Å². The van der Waals surface area contributed by atoms with Crippen LogP contribution in [0.4, 0.5) is 0 Å². The number of carbonyl (C=O) groups is 2. The van der Waals surface area contributed by atoms with Crippen LogP contribution in [0.25, 0.3) is 0 Å². The minimum absolute atomic E-state index is 0.0223. The van der Waals surface area contributed by atoms with Crippen LogP contribution in [-0.4, -0.2) is 27.5 Å². The number of pyridine rings is 1. The van der Waals surface area contributed by atoms with E-state index >= 15 is 0 Å². The van der Waals surface area contributed by atoms with E-state index in [-0.39, 0.29) is 12.3 Å². The molecular weight excluding hydrogens is 232 g/mol. The summed E-state index contributed by atoms with van der Waals surface area (Å²) in [4.78, 5) is 26.6. The number of carbonyl (C=O) groups excluding carboxylic acids is 1. The Kier molecular flexibility index (Phi) is 4.42. The van der Waals surface area contributed by atoms with Gasteiger partial charge in [-0.2, -0.15) is 0 Å². The average molecular weight is 250 g/mol. The Labute approximate surface area is 106 Å². The zero-order valence-corrected chi connectivity index (χ0v) is 10.9. The maximum atomic E-state index is 11.9. The molecule has 0 bridgehead atoms. The number of hydrogen-bond donors (Lipinski definition) is 2. The van der Waals surface area contributed by atoms with Crippen molar-refractivity contribution in [3.05, 3.63) is 29.6 Å². The smallest absolute Gasteiger partial charge is 0.303 e. The Morgan fingerprint density at radius 3 is 2.61 bits per heavy atom. The van der Waals surface area contributed by atoms with Gasteiger partial charge >= 0.3 is 5.97 Å². The second kappa shape index (κ2) is 5.62. The molecule has 1 aromatic rings. The molecule has 0 saturated heterocycles. The molecule has 0 radical (unpaired) electrons. The zero-order valence-electron chi connectivity index (χ0n) is 10.9. The van der Waals surface area contributed by atoms with Crippen LogP contribution in [0.5, 0.6) is 0 Å². The highest BCUT2D eigenvalue weighted by Crippen LogP contribution is 2.12. The molecule has 1 heterocycles. The molecular formula is C13H18N2O3. The first-order valence-corrected chi connectivity index (χ1v) is 5.78. The van der Waals surface area contributed by atoms with Crippen molar-refractivity contribution >= 4 is 11.9 Å². The van der Waals surface area contributed by atoms with Gasteiger partial charge in [0.05, 0.1) is 0 Å². The number of aryl methyl sites for hydroxylation is 1. The van der Waals surface area contributed by atoms with E-state index in [1.807, 2.05) is 13.0 Å². The highest BCUT2D eigenvalue weighted by atomic mass is 16.4. The van der Waals surface area contributed by atoms with Crippen LogP contribution in [0.3, 0.4) is 0 Å². The molecule has 0 aliphatic carbocycles. The summed E-state index contributed by atoms with van der Waals surface area (Å²) in [7, 11) is 0. The van der Waals surface area contributed by atoms with Gasteiger partial charge in [0.1, 0.15) is 5.69 Å². The van der Waals surface area contributed by atoms with Gasteiger partial charge in [0, 0.05) is 17.7 Å². The van der Waals surface area contributed by atoms with E-state index in [4.69, 9.17) is 5.11 Å². The Morgan fingerprint density at radius 1 is 1.39 bits per heavy atom. The van der Waals surface area contributed by atoms with Gasteiger partial charge in [-0.15, -0.1) is 0 Å². The molecule has 0 atom stereocenters. The first-order valence-electron chi connectivity index (χ1n) is 5.78. The van der Waals surface area contributed by atoms with E-state index in [0.29, 0.717) is 12.1 Å². The largest absolute Gasteiger partial charge is 0.481 e. The van der Waals surface area contributed by atoms with Gasteiger partial charge in [-0.25, -0.2) is 4.98 Å². The van der Waals surface area contributed by atoms with Crippen molar-refractivity contribution in [2.45, 2.75) is 39.2 Å². The van der Waals surface area contributed by atoms with Gasteiger partial charge in [0.25, 0.3) is 5.91 Å². The summed E-state index contributed by atoms with van der Waals surface area (Å²) < 4.78 is 0. The second-order valence-corrected chi connectivity index (χ2v) is 4.90. The fourth-order valence-corrected chi connectivity index (χ4v) is 1.52. The summed E-state index contributed by atoms with van der Waals surface area (Å²) in [6, 6.07) is 5.21. The van der Waals surface area contributed by atoms with Gasteiger partial charge in [-0.05, 0) is 39.3 Å². The monoisotopic (exact) mass is 250 g/mol. The normalized spacial score (nSPS) is 11.1. The van der Waals surface area contributed by atoms with E-state index in [0.717, 1.165) is 5.69 Å². The summed E-state index contributed by atoms with van der Waals surface area (Å²) in [6.07, 6.45) is 0.397. The Hall–Kier alpha value is -1.91. The van der Waals surface area contributed by atoms with E-state index < -0.39 is 11.5 Å². The van der Waals surface area contributed by atoms with Crippen molar-refractivity contribution in [2.75, 3.05) is 0 Å². The lowest BCUT2D eigenvalue weighted by molar-refractivity contribution is -0.137. The summed E-state index contributed by atoms with van der Waals surface area (Å²) in [5.74, 6) is -1.15. The number of rotatable bonds is 5. The second-order valence-electron chi connectivity index (χ2n) is 4.90. The van der Waals surface area contributed by atoms with Gasteiger partial charge in [-0.3, -0.25) is 9.59 Å². The molecule has 18 heavy (non-hydrogen) atoms. The molecule has 1 rings (SSSR count). The van der Waals surface area contributed by atoms with E-state index in [2.05, 4.69) is 10.3 Å². The minimum Gasteiger partial charge on any atom is -0.481 e. The summed E-state index contributed by atoms with van der Waals surface area (Å²) in [6.45, 7) is 5.40. The topological polar surface area (TPSA) is 79.3 Å². The molecule has 5 heteroatoms. The van der Waals surface area contributed by atoms with E-state index in [1.165, 1.54) is 0 Å². The van der Waals surface area contributed by atoms with Gasteiger partial charge in [0.2, 0.25) is 0 Å². The Morgan fingerprint density at radius 2 is 2.06 bits per heavy atom. The predicted molar refractivity (Wildman–Crippen MR) is 67.4 cm³/mol. The van der Waals surface area contributed by atoms with E-state index in [9.17, 15) is 9.59 Å². The SMILES string of the molecule is Cc1cccc(C(=O)NC(C)(C)CCC(=O)O)n1. The molecule has 1 amide bonds. The predicted octanol–water partition coefficient (Wildman–Crippen LogP) is 1.76. The summed E-state index contributed by atoms with van der Waals surface area (Å²) in [5.41, 5.74) is 0.547. The molecule has 0 saturated carbocycles. The standard InChI is InChI=1S/C13H18N2O3/c1-9-5-4-6-10(14-9)12(18)15-13(2,3)8-7-11(16)17/h4-6H,7-8H2,1-3H3,(H,15,18)(H,16,17). The van der Waals surface area contributed by atoms with Crippen molar-refractivity contribution in [3.8, 4) is 0 Å². The van der Waals surface area contributed by atoms with Crippen LogP contribution in [0.2, 0.25) is 0 Å². The van der Waals surface area contributed by atoms with Crippen molar-refractivity contribution in [3.63, 3.8) is 0 Å². The lowest BCUT2D eigenvalue weighted by Crippen LogP contribution is -2.44. The van der Waals surface area contributed by atoms with Gasteiger partial charge < -0.3 is 10.4 Å². The molecule has 2 N–H and O–H groups in total. The number of aliphatic carboxylic acids is 1. The minimum atomic E-state index is -0.869. The Balaban J connectivity index is 2.66. The third-order valence-corrected chi connectivity index (χ3v) is 2.54. The lowest BCUT2D eigenvalue weighted by atomic mass is 9.98. The molecule has 0 unspecified atom stereocenters. The number of aromatic nitrogens is 1. The number of carboxylic acid groups (broad SMARTS) is 1. The first kappa shape index (κ1) is 14.2. The van der Waals surface area contributed by atoms with Crippen LogP contribution in [-0.2, 0) is 4.79 Å². The summed E-state index contributed by atoms with van der Waals surface area (Å²) >= 11 is 0. The highest BCUT2D eigenvalue weighted by molar-refractivity contribution is 5.92. The fraction of sp³-hybridized carbons (Fsp3) is 0.462. The van der Waals surface area contributed by atoms with Crippen molar-refractivity contribution in [1.82, 2.24) is 10.3 Å². The third-order valence-electron chi connectivity index (χ3n) is 2.54. The number of amides is 1. The molecule has 0 aliphatic heterocycles. The molecule has 5 nitrogen and oxygen atoms in total. The molecule has 1 aromatic heterocycles. The van der Waals surface area contributed by atoms with Crippen molar-refractivity contribution in [2.24, 2.45) is 0 Å². The molecule has 0 aromatic carbocycles. The molecule has 0 spiro atoms. The first-order chi connectivity index (χ1) is 8.30. The van der Waals surface area contributed by atoms with Crippen molar-refractivity contribution in [1.29, 1.82) is 0 Å². The van der Waals surface area contributed by atoms with Crippen LogP contribution >= 0.6 is 0 Å². The number of nitrogens with zero attached hydrogens (tertiary/aromatic N) is 1. The fourth-order valence-electron chi connectivity index (χ4n) is 1.52. The highest BCUT2D eigenvalue weighted by Gasteiger charge is 2.22. The molecule has 0 aliphatic rings. The maximum Gasteiger partial charge on any atom is 0.303 e. The number of carboxylic acids is 1. The maximum absolute atomic E-state index is 11.9. The molecule has 0 fully saturated rings. The number of hydrogen-bond acceptors (Lipinski definition) is 3.